The number of aromatic nitrogens is 3. The molecule has 1 N–H and O–H groups in total. The van der Waals surface area contributed by atoms with Crippen molar-refractivity contribution in [2.24, 2.45) is 4.99 Å². The van der Waals surface area contributed by atoms with Crippen molar-refractivity contribution in [3.05, 3.63) is 90.5 Å². The van der Waals surface area contributed by atoms with Crippen molar-refractivity contribution in [1.29, 1.82) is 0 Å². The van der Waals surface area contributed by atoms with Crippen molar-refractivity contribution < 1.29 is 22.6 Å². The molecule has 6 rings (SSSR count). The molecule has 3 aliphatic rings. The van der Waals surface area contributed by atoms with Crippen LogP contribution >= 0.6 is 0 Å². The van der Waals surface area contributed by atoms with Gasteiger partial charge in [-0.1, -0.05) is 18.2 Å². The van der Waals surface area contributed by atoms with Crippen LogP contribution in [0.1, 0.15) is 12.8 Å². The molecule has 39 heavy (non-hydrogen) atoms. The molecule has 1 fully saturated rings. The summed E-state index contributed by atoms with van der Waals surface area (Å²) in [6.45, 7) is 1.29. The van der Waals surface area contributed by atoms with Gasteiger partial charge in [0.2, 0.25) is 0 Å². The lowest BCUT2D eigenvalue weighted by Gasteiger charge is -2.22. The highest BCUT2D eigenvalue weighted by molar-refractivity contribution is 5.84. The second-order valence-electron chi connectivity index (χ2n) is 9.18. The molecule has 2 aromatic carbocycles. The normalized spacial score (nSPS) is 15.1. The van der Waals surface area contributed by atoms with Gasteiger partial charge < -0.3 is 19.4 Å². The number of ether oxygens (including phenoxy) is 2. The van der Waals surface area contributed by atoms with Gasteiger partial charge in [-0.2, -0.15) is 0 Å². The third-order valence-electron chi connectivity index (χ3n) is 6.46. The number of hydrogen-bond donors (Lipinski definition) is 1. The zero-order valence-corrected chi connectivity index (χ0v) is 20.7. The predicted octanol–water partition coefficient (Wildman–Crippen LogP) is 6.25. The van der Waals surface area contributed by atoms with E-state index in [1.165, 1.54) is 18.2 Å². The number of nitrogens with zero attached hydrogens (tertiary/aromatic N) is 4. The highest BCUT2D eigenvalue weighted by Gasteiger charge is 2.31. The van der Waals surface area contributed by atoms with E-state index in [4.69, 9.17) is 14.7 Å². The third-order valence-corrected chi connectivity index (χ3v) is 6.46. The Balaban J connectivity index is 1.59. The first-order valence-electron chi connectivity index (χ1n) is 12.5. The van der Waals surface area contributed by atoms with E-state index in [0.29, 0.717) is 41.2 Å². The first kappa shape index (κ1) is 24.9. The molecule has 0 atom stereocenters. The second-order valence-corrected chi connectivity index (χ2v) is 9.18. The first-order valence-corrected chi connectivity index (χ1v) is 12.5. The number of fused-ring (bicyclic) bond motifs is 2. The van der Waals surface area contributed by atoms with Crippen LogP contribution < -0.4 is 15.4 Å². The Kier molecular flexibility index (Phi) is 6.62. The number of halogens is 3. The monoisotopic (exact) mass is 531 g/mol. The predicted molar refractivity (Wildman–Crippen MR) is 141 cm³/mol. The number of nitrogens with one attached hydrogen (secondary N) is 1. The van der Waals surface area contributed by atoms with Crippen LogP contribution in [0.4, 0.5) is 24.5 Å². The summed E-state index contributed by atoms with van der Waals surface area (Å²) < 4.78 is 50.6. The van der Waals surface area contributed by atoms with Crippen LogP contribution in [0.3, 0.4) is 0 Å². The minimum absolute atomic E-state index is 0.0797. The fourth-order valence-corrected chi connectivity index (χ4v) is 4.75. The number of benzene rings is 3. The van der Waals surface area contributed by atoms with Gasteiger partial charge in [0.25, 0.3) is 0 Å². The number of hydrogen-bond acceptors (Lipinski definition) is 6. The van der Waals surface area contributed by atoms with E-state index in [2.05, 4.69) is 15.0 Å². The smallest absolute Gasteiger partial charge is 0.406 e. The van der Waals surface area contributed by atoms with Crippen molar-refractivity contribution in [1.82, 2.24) is 14.5 Å². The summed E-state index contributed by atoms with van der Waals surface area (Å²) in [5.41, 5.74) is 4.82. The lowest BCUT2D eigenvalue weighted by molar-refractivity contribution is -0.274. The summed E-state index contributed by atoms with van der Waals surface area (Å²) in [4.78, 5) is 14.1. The van der Waals surface area contributed by atoms with Gasteiger partial charge in [0.15, 0.2) is 0 Å². The Morgan fingerprint density at radius 1 is 0.974 bits per heavy atom. The van der Waals surface area contributed by atoms with Crippen LogP contribution in [-0.4, -0.2) is 40.2 Å². The van der Waals surface area contributed by atoms with Crippen LogP contribution in [0, 0.1) is 0 Å². The van der Waals surface area contributed by atoms with Gasteiger partial charge in [0, 0.05) is 31.2 Å². The average molecular weight is 532 g/mol. The highest BCUT2D eigenvalue weighted by Crippen LogP contribution is 2.32. The van der Waals surface area contributed by atoms with E-state index in [1.54, 1.807) is 18.5 Å². The number of alkyl halides is 3. The number of rotatable bonds is 5. The Hall–Kier alpha value is -4.44. The van der Waals surface area contributed by atoms with Gasteiger partial charge >= 0.3 is 6.36 Å². The molecule has 10 heteroatoms. The van der Waals surface area contributed by atoms with Crippen LogP contribution in [0.15, 0.2) is 90.2 Å². The maximum Gasteiger partial charge on any atom is 0.573 e. The molecule has 0 radical (unpaired) electrons. The average Bonchev–Trinajstić information content (AvgIpc) is 2.92. The quantitative estimate of drug-likeness (QED) is 0.272. The van der Waals surface area contributed by atoms with E-state index in [9.17, 15) is 13.2 Å². The van der Waals surface area contributed by atoms with E-state index in [1.807, 2.05) is 53.1 Å². The van der Waals surface area contributed by atoms with Gasteiger partial charge in [-0.05, 0) is 61.4 Å². The van der Waals surface area contributed by atoms with Crippen molar-refractivity contribution >= 4 is 22.4 Å². The molecule has 1 saturated heterocycles. The van der Waals surface area contributed by atoms with Crippen LogP contribution in [0.5, 0.6) is 5.75 Å². The summed E-state index contributed by atoms with van der Waals surface area (Å²) in [6, 6.07) is 21.1. The van der Waals surface area contributed by atoms with E-state index < -0.39 is 6.36 Å². The van der Waals surface area contributed by atoms with Crippen molar-refractivity contribution in [3.8, 4) is 22.8 Å². The maximum absolute atomic E-state index is 13.0. The zero-order chi connectivity index (χ0) is 26.8. The van der Waals surface area contributed by atoms with Gasteiger partial charge in [0.1, 0.15) is 5.75 Å². The molecular formula is C29H24F3N5O2. The first-order chi connectivity index (χ1) is 18.9. The molecule has 0 bridgehead atoms. The van der Waals surface area contributed by atoms with Crippen molar-refractivity contribution in [2.45, 2.75) is 25.2 Å². The lowest BCUT2D eigenvalue weighted by atomic mass is 10.1. The summed E-state index contributed by atoms with van der Waals surface area (Å²) >= 11 is 0. The minimum atomic E-state index is -4.80. The van der Waals surface area contributed by atoms with E-state index in [0.717, 1.165) is 29.7 Å². The van der Waals surface area contributed by atoms with Gasteiger partial charge in [0.05, 0.1) is 51.4 Å². The fraction of sp³-hybridized carbons (Fsp3) is 0.207. The molecule has 0 spiro atoms. The Morgan fingerprint density at radius 2 is 1.82 bits per heavy atom. The summed E-state index contributed by atoms with van der Waals surface area (Å²) in [6.07, 6.45) is 0.233. The highest BCUT2D eigenvalue weighted by atomic mass is 19.4. The largest absolute Gasteiger partial charge is 0.573 e. The number of anilines is 2. The van der Waals surface area contributed by atoms with E-state index in [-0.39, 0.29) is 11.8 Å². The van der Waals surface area contributed by atoms with Gasteiger partial charge in [-0.3, -0.25) is 9.98 Å². The Morgan fingerprint density at radius 3 is 2.62 bits per heavy atom. The van der Waals surface area contributed by atoms with Gasteiger partial charge in [-0.15, -0.1) is 13.2 Å². The standard InChI is InChI=1S/C29H24F3N5O2/c30-29(31,32)39-22-7-3-6-21(15-22)37-27-9-2-1-8-23(27)36-26-16-24(35-20-5-4-12-33-18-20)25(17-28(26)37)34-19-10-13-38-14-11-19/h1-9,12,15-19,35H,10-11,13-14H2. The molecule has 0 amide bonds. The molecular weight excluding hydrogens is 507 g/mol. The van der Waals surface area contributed by atoms with E-state index >= 15 is 0 Å². The summed E-state index contributed by atoms with van der Waals surface area (Å²) in [7, 11) is 0. The van der Waals surface area contributed by atoms with Gasteiger partial charge in [-0.25, -0.2) is 4.98 Å². The van der Waals surface area contributed by atoms with Crippen LogP contribution in [-0.2, 0) is 4.74 Å². The molecule has 3 aromatic rings. The molecule has 2 aliphatic heterocycles. The molecule has 3 heterocycles. The second kappa shape index (κ2) is 10.4. The number of para-hydroxylation sites is 2. The topological polar surface area (TPSA) is 73.6 Å². The molecule has 7 nitrogen and oxygen atoms in total. The number of pyridine rings is 1. The van der Waals surface area contributed by atoms with Crippen LogP contribution in [0.2, 0.25) is 0 Å². The molecule has 1 aliphatic carbocycles. The third kappa shape index (κ3) is 5.56. The summed E-state index contributed by atoms with van der Waals surface area (Å²) in [5.74, 6) is -0.302. The summed E-state index contributed by atoms with van der Waals surface area (Å²) in [5, 5.41) is 4.13. The zero-order valence-electron chi connectivity index (χ0n) is 20.7. The minimum Gasteiger partial charge on any atom is -0.406 e. The molecule has 198 valence electrons. The van der Waals surface area contributed by atoms with Crippen molar-refractivity contribution in [3.63, 3.8) is 0 Å². The molecule has 1 aromatic heterocycles. The molecule has 0 saturated carbocycles. The van der Waals surface area contributed by atoms with Crippen molar-refractivity contribution in [2.75, 3.05) is 18.5 Å². The Bertz CT molecular complexity index is 1650. The lowest BCUT2D eigenvalue weighted by Crippen LogP contribution is -2.23. The Labute approximate surface area is 221 Å². The van der Waals surface area contributed by atoms with Crippen LogP contribution in [0.25, 0.3) is 28.1 Å². The fourth-order valence-electron chi connectivity index (χ4n) is 4.75. The maximum atomic E-state index is 13.0. The SMILES string of the molecule is FC(F)(F)Oc1cccc(-n2c3cc(=NC4CCOCC4)c(Nc4cccnc4)cc-3nc3ccccc32)c1. The molecule has 0 unspecified atom stereocenters.